The largest absolute Gasteiger partial charge is 0.439 e. The van der Waals surface area contributed by atoms with Crippen LogP contribution in [0, 0.1) is 17.6 Å². The summed E-state index contributed by atoms with van der Waals surface area (Å²) in [5.41, 5.74) is 2.66. The van der Waals surface area contributed by atoms with Crippen LogP contribution in [0.2, 0.25) is 0 Å². The molecule has 2 aromatic heterocycles. The second-order valence-corrected chi connectivity index (χ2v) is 9.50. The van der Waals surface area contributed by atoms with E-state index in [1.165, 1.54) is 41.1 Å². The molecule has 39 heavy (non-hydrogen) atoms. The molecule has 1 N–H and O–H groups in total. The summed E-state index contributed by atoms with van der Waals surface area (Å²) >= 11 is 0. The zero-order chi connectivity index (χ0) is 27.5. The topological polar surface area (TPSA) is 93.8 Å². The first-order chi connectivity index (χ1) is 18.8. The molecule has 0 aliphatic heterocycles. The van der Waals surface area contributed by atoms with Crippen molar-refractivity contribution in [2.45, 2.75) is 33.2 Å². The lowest BCUT2D eigenvalue weighted by Crippen LogP contribution is -2.28. The third-order valence-electron chi connectivity index (χ3n) is 6.83. The predicted molar refractivity (Wildman–Crippen MR) is 144 cm³/mol. The Labute approximate surface area is 222 Å². The highest BCUT2D eigenvalue weighted by Crippen LogP contribution is 2.31. The molecular formula is C30H26F2N4O3. The Morgan fingerprint density at radius 1 is 0.949 bits per heavy atom. The molecule has 0 aliphatic rings. The molecule has 2 heterocycles. The van der Waals surface area contributed by atoms with Gasteiger partial charge in [-0.1, -0.05) is 74.0 Å². The van der Waals surface area contributed by atoms with Gasteiger partial charge in [0.05, 0.1) is 12.1 Å². The van der Waals surface area contributed by atoms with Gasteiger partial charge in [0.15, 0.2) is 5.82 Å². The minimum atomic E-state index is -0.684. The van der Waals surface area contributed by atoms with E-state index in [1.54, 1.807) is 36.4 Å². The molecule has 198 valence electrons. The van der Waals surface area contributed by atoms with Gasteiger partial charge < -0.3 is 0 Å². The first-order valence-electron chi connectivity index (χ1n) is 12.6. The van der Waals surface area contributed by atoms with Gasteiger partial charge >= 0.3 is 5.76 Å². The third kappa shape index (κ3) is 5.47. The summed E-state index contributed by atoms with van der Waals surface area (Å²) in [7, 11) is 0. The number of benzene rings is 3. The minimum absolute atomic E-state index is 0.0169. The lowest BCUT2D eigenvalue weighted by Gasteiger charge is -2.17. The molecule has 0 saturated carbocycles. The molecule has 0 fully saturated rings. The number of rotatable bonds is 8. The number of hydrogen-bond acceptors (Lipinski definition) is 5. The summed E-state index contributed by atoms with van der Waals surface area (Å²) in [6.07, 6.45) is 2.96. The van der Waals surface area contributed by atoms with Crippen molar-refractivity contribution in [2.24, 2.45) is 5.92 Å². The van der Waals surface area contributed by atoms with Gasteiger partial charge in [-0.25, -0.2) is 18.6 Å². The number of aromatic nitrogens is 4. The van der Waals surface area contributed by atoms with Gasteiger partial charge in [-0.15, -0.1) is 0 Å². The molecule has 0 spiro atoms. The number of aromatic amines is 1. The second kappa shape index (κ2) is 11.0. The summed E-state index contributed by atoms with van der Waals surface area (Å²) in [5.74, 6) is -0.513. The number of nitrogens with zero attached hydrogens (tertiary/aromatic N) is 3. The van der Waals surface area contributed by atoms with Crippen molar-refractivity contribution in [1.29, 1.82) is 0 Å². The lowest BCUT2D eigenvalue weighted by molar-refractivity contribution is 0.388. The van der Waals surface area contributed by atoms with Crippen LogP contribution in [0.3, 0.4) is 0 Å². The zero-order valence-corrected chi connectivity index (χ0v) is 21.4. The molecule has 3 aromatic carbocycles. The van der Waals surface area contributed by atoms with Crippen molar-refractivity contribution >= 4 is 0 Å². The zero-order valence-electron chi connectivity index (χ0n) is 21.4. The summed E-state index contributed by atoms with van der Waals surface area (Å²) in [6.45, 7) is 4.11. The van der Waals surface area contributed by atoms with Crippen molar-refractivity contribution < 1.29 is 13.3 Å². The van der Waals surface area contributed by atoms with E-state index in [9.17, 15) is 14.0 Å². The van der Waals surface area contributed by atoms with Crippen molar-refractivity contribution in [2.75, 3.05) is 0 Å². The maximum atomic E-state index is 15.6. The van der Waals surface area contributed by atoms with Crippen LogP contribution >= 0.6 is 0 Å². The monoisotopic (exact) mass is 528 g/mol. The van der Waals surface area contributed by atoms with Crippen LogP contribution in [0.15, 0.2) is 87.0 Å². The van der Waals surface area contributed by atoms with Crippen LogP contribution in [0.5, 0.6) is 0 Å². The van der Waals surface area contributed by atoms with E-state index in [-0.39, 0.29) is 23.8 Å². The molecule has 0 radical (unpaired) electrons. The number of halogens is 2. The van der Waals surface area contributed by atoms with E-state index in [1.807, 2.05) is 0 Å². The highest BCUT2D eigenvalue weighted by molar-refractivity contribution is 5.80. The number of nitrogens with one attached hydrogen (secondary N) is 1. The maximum absolute atomic E-state index is 15.6. The van der Waals surface area contributed by atoms with Crippen molar-refractivity contribution in [1.82, 2.24) is 19.7 Å². The van der Waals surface area contributed by atoms with Crippen LogP contribution in [-0.2, 0) is 13.0 Å². The van der Waals surface area contributed by atoms with E-state index < -0.39 is 17.4 Å². The quantitative estimate of drug-likeness (QED) is 0.273. The normalized spacial score (nSPS) is 12.0. The molecule has 1 unspecified atom stereocenters. The van der Waals surface area contributed by atoms with E-state index in [0.717, 1.165) is 6.42 Å². The highest BCUT2D eigenvalue weighted by Gasteiger charge is 2.17. The van der Waals surface area contributed by atoms with Crippen LogP contribution in [0.1, 0.15) is 31.7 Å². The fourth-order valence-electron chi connectivity index (χ4n) is 4.44. The summed E-state index contributed by atoms with van der Waals surface area (Å²) in [5, 5.41) is 3.75. The molecule has 0 bridgehead atoms. The molecule has 5 aromatic rings. The van der Waals surface area contributed by atoms with E-state index in [4.69, 9.17) is 0 Å². The van der Waals surface area contributed by atoms with Crippen molar-refractivity contribution in [3.05, 3.63) is 117 Å². The SMILES string of the molecule is CCC(C)Cc1ncc(-c2ccc(F)cc2)c(=O)n1Cc1ccc(-c2ccccc2-c2noc(=O)[nH]2)cc1F. The van der Waals surface area contributed by atoms with Crippen LogP contribution < -0.4 is 11.3 Å². The van der Waals surface area contributed by atoms with E-state index >= 15 is 4.39 Å². The standard InChI is InChI=1S/C30H26F2N4O3/c1-3-18(2)14-27-33-16-25(19-10-12-22(31)13-11-19)29(37)36(27)17-21-9-8-20(15-26(21)32)23-6-4-5-7-24(23)28-34-30(38)39-35-28/h4-13,15-16,18H,3,14,17H2,1-2H3,(H,34,35,38). The predicted octanol–water partition coefficient (Wildman–Crippen LogP) is 5.84. The Morgan fingerprint density at radius 3 is 2.33 bits per heavy atom. The van der Waals surface area contributed by atoms with Crippen LogP contribution in [0.25, 0.3) is 33.6 Å². The van der Waals surface area contributed by atoms with Crippen LogP contribution in [-0.4, -0.2) is 19.7 Å². The minimum Gasteiger partial charge on any atom is -0.296 e. The molecule has 0 amide bonds. The summed E-state index contributed by atoms with van der Waals surface area (Å²) < 4.78 is 35.2. The van der Waals surface area contributed by atoms with Gasteiger partial charge in [-0.3, -0.25) is 18.9 Å². The van der Waals surface area contributed by atoms with Gasteiger partial charge in [0, 0.05) is 23.7 Å². The van der Waals surface area contributed by atoms with Gasteiger partial charge in [0.25, 0.3) is 5.56 Å². The van der Waals surface area contributed by atoms with Gasteiger partial charge in [-0.05, 0) is 40.8 Å². The Morgan fingerprint density at radius 2 is 1.67 bits per heavy atom. The highest BCUT2D eigenvalue weighted by atomic mass is 19.1. The third-order valence-corrected chi connectivity index (χ3v) is 6.83. The van der Waals surface area contributed by atoms with Gasteiger partial charge in [0.2, 0.25) is 0 Å². The van der Waals surface area contributed by atoms with Crippen LogP contribution in [0.4, 0.5) is 8.78 Å². The Kier molecular flexibility index (Phi) is 7.31. The Balaban J connectivity index is 1.54. The average Bonchev–Trinajstić information content (AvgIpc) is 3.38. The Bertz CT molecular complexity index is 1740. The smallest absolute Gasteiger partial charge is 0.296 e. The van der Waals surface area contributed by atoms with Gasteiger partial charge in [0.1, 0.15) is 17.5 Å². The van der Waals surface area contributed by atoms with Crippen molar-refractivity contribution in [3.63, 3.8) is 0 Å². The van der Waals surface area contributed by atoms with Crippen molar-refractivity contribution in [3.8, 4) is 33.6 Å². The number of H-pyrrole nitrogens is 1. The molecule has 7 nitrogen and oxygen atoms in total. The summed E-state index contributed by atoms with van der Waals surface area (Å²) in [6, 6.07) is 17.5. The molecule has 5 rings (SSSR count). The van der Waals surface area contributed by atoms with Gasteiger partial charge in [-0.2, -0.15) is 0 Å². The fraction of sp³-hybridized carbons (Fsp3) is 0.200. The fourth-order valence-corrected chi connectivity index (χ4v) is 4.44. The maximum Gasteiger partial charge on any atom is 0.439 e. The molecule has 0 saturated heterocycles. The molecule has 0 aliphatic carbocycles. The Hall–Kier alpha value is -4.66. The first kappa shape index (κ1) is 26.0. The molecule has 9 heteroatoms. The van der Waals surface area contributed by atoms with E-state index in [2.05, 4.69) is 33.5 Å². The average molecular weight is 529 g/mol. The van der Waals surface area contributed by atoms with E-state index in [0.29, 0.717) is 45.6 Å². The molecular weight excluding hydrogens is 502 g/mol. The summed E-state index contributed by atoms with van der Waals surface area (Å²) in [4.78, 5) is 32.2. The second-order valence-electron chi connectivity index (χ2n) is 9.50. The first-order valence-corrected chi connectivity index (χ1v) is 12.6. The number of hydrogen-bond donors (Lipinski definition) is 1. The molecule has 1 atom stereocenters. The lowest BCUT2D eigenvalue weighted by atomic mass is 9.98.